The number of methoxy groups -OCH3 is 1. The van der Waals surface area contributed by atoms with Crippen molar-refractivity contribution >= 4 is 17.6 Å². The van der Waals surface area contributed by atoms with E-state index < -0.39 is 0 Å². The van der Waals surface area contributed by atoms with Crippen molar-refractivity contribution in [2.45, 2.75) is 69.7 Å². The number of hydrogen-bond donors (Lipinski definition) is 2. The van der Waals surface area contributed by atoms with Crippen LogP contribution in [0.3, 0.4) is 0 Å². The lowest BCUT2D eigenvalue weighted by atomic mass is 9.96. The van der Waals surface area contributed by atoms with Gasteiger partial charge in [-0.1, -0.05) is 6.07 Å². The van der Waals surface area contributed by atoms with Crippen molar-refractivity contribution in [2.75, 3.05) is 25.2 Å². The molecule has 3 atom stereocenters. The van der Waals surface area contributed by atoms with Gasteiger partial charge in [-0.05, 0) is 69.7 Å². The van der Waals surface area contributed by atoms with Crippen LogP contribution in [0.1, 0.15) is 64.8 Å². The number of ether oxygens (including phenoxy) is 2. The number of piperidine rings is 1. The molecule has 5 rings (SSSR count). The molecule has 3 saturated heterocycles. The molecule has 2 N–H and O–H groups in total. The van der Waals surface area contributed by atoms with Gasteiger partial charge in [-0.3, -0.25) is 9.59 Å². The molecule has 0 radical (unpaired) electrons. The highest BCUT2D eigenvalue weighted by atomic mass is 16.5. The average molecular weight is 479 g/mol. The number of anilines is 1. The summed E-state index contributed by atoms with van der Waals surface area (Å²) in [7, 11) is 1.62. The third kappa shape index (κ3) is 4.98. The van der Waals surface area contributed by atoms with Gasteiger partial charge >= 0.3 is 0 Å². The predicted octanol–water partition coefficient (Wildman–Crippen LogP) is 3.24. The van der Waals surface area contributed by atoms with Gasteiger partial charge in [0.15, 0.2) is 0 Å². The highest BCUT2D eigenvalue weighted by molar-refractivity contribution is 5.96. The van der Waals surface area contributed by atoms with Gasteiger partial charge in [0.05, 0.1) is 18.8 Å². The van der Waals surface area contributed by atoms with Gasteiger partial charge in [-0.2, -0.15) is 0 Å². The van der Waals surface area contributed by atoms with Crippen LogP contribution in [-0.2, 0) is 4.74 Å². The van der Waals surface area contributed by atoms with Crippen LogP contribution < -0.4 is 20.3 Å². The number of hydrogen-bond acceptors (Lipinski definition) is 6. The minimum atomic E-state index is -0.114. The van der Waals surface area contributed by atoms with Gasteiger partial charge in [-0.15, -0.1) is 0 Å². The molecule has 1 aromatic heterocycles. The lowest BCUT2D eigenvalue weighted by Crippen LogP contribution is -2.50. The van der Waals surface area contributed by atoms with Gasteiger partial charge in [0.1, 0.15) is 11.6 Å². The summed E-state index contributed by atoms with van der Waals surface area (Å²) in [5, 5.41) is 6.21. The van der Waals surface area contributed by atoms with Crippen molar-refractivity contribution in [3.8, 4) is 5.75 Å². The van der Waals surface area contributed by atoms with Crippen molar-refractivity contribution in [2.24, 2.45) is 0 Å². The molecule has 2 bridgehead atoms. The number of fused-ring (bicyclic) bond motifs is 2. The largest absolute Gasteiger partial charge is 0.496 e. The van der Waals surface area contributed by atoms with E-state index in [1.807, 2.05) is 37.3 Å². The highest BCUT2D eigenvalue weighted by Crippen LogP contribution is 2.38. The molecule has 3 unspecified atom stereocenters. The van der Waals surface area contributed by atoms with Crippen molar-refractivity contribution < 1.29 is 19.1 Å². The second kappa shape index (κ2) is 10.2. The topological polar surface area (TPSA) is 92.8 Å². The van der Waals surface area contributed by atoms with Crippen LogP contribution in [0.25, 0.3) is 0 Å². The fourth-order valence-electron chi connectivity index (χ4n) is 5.80. The Morgan fingerprint density at radius 1 is 1.11 bits per heavy atom. The van der Waals surface area contributed by atoms with Gasteiger partial charge < -0.3 is 25.0 Å². The number of nitrogens with one attached hydrogen (secondary N) is 2. The Hall–Kier alpha value is -3.13. The Morgan fingerprint density at radius 3 is 2.57 bits per heavy atom. The lowest BCUT2D eigenvalue weighted by Gasteiger charge is -2.40. The molecule has 0 spiro atoms. The van der Waals surface area contributed by atoms with Gasteiger partial charge in [0, 0.05) is 48.6 Å². The Kier molecular flexibility index (Phi) is 6.90. The summed E-state index contributed by atoms with van der Waals surface area (Å²) in [5.74, 6) is 1.47. The van der Waals surface area contributed by atoms with E-state index in [9.17, 15) is 9.59 Å². The molecule has 3 fully saturated rings. The quantitative estimate of drug-likeness (QED) is 0.635. The van der Waals surface area contributed by atoms with Gasteiger partial charge in [0.2, 0.25) is 0 Å². The van der Waals surface area contributed by atoms with Crippen LogP contribution in [0.2, 0.25) is 0 Å². The summed E-state index contributed by atoms with van der Waals surface area (Å²) >= 11 is 0. The van der Waals surface area contributed by atoms with Crippen LogP contribution in [-0.4, -0.2) is 61.3 Å². The molecule has 0 aliphatic carbocycles. The molecular weight excluding hydrogens is 444 g/mol. The highest BCUT2D eigenvalue weighted by Gasteiger charge is 2.42. The van der Waals surface area contributed by atoms with Crippen LogP contribution in [0.4, 0.5) is 5.82 Å². The standard InChI is InChI=1S/C27H34N4O4/c1-17-23(6-3-7-24(17)34-2)27(33)30-19-13-20-9-10-21(14-19)31(20)25-11-8-18(15-28-25)26(32)29-16-22-5-4-12-35-22/h3,6-8,11,15,19-22H,4-5,9-10,12-14,16H2,1-2H3,(H,29,32)(H,30,33). The van der Waals surface area contributed by atoms with Crippen molar-refractivity contribution in [1.29, 1.82) is 0 Å². The van der Waals surface area contributed by atoms with E-state index in [4.69, 9.17) is 9.47 Å². The molecule has 2 amide bonds. The van der Waals surface area contributed by atoms with E-state index in [-0.39, 0.29) is 24.0 Å². The summed E-state index contributed by atoms with van der Waals surface area (Å²) in [6.45, 7) is 3.23. The zero-order chi connectivity index (χ0) is 24.4. The molecule has 4 heterocycles. The van der Waals surface area contributed by atoms with Crippen molar-refractivity contribution in [3.63, 3.8) is 0 Å². The lowest BCUT2D eigenvalue weighted by molar-refractivity contribution is 0.0857. The minimum absolute atomic E-state index is 0.0456. The molecule has 0 saturated carbocycles. The summed E-state index contributed by atoms with van der Waals surface area (Å²) < 4.78 is 10.9. The van der Waals surface area contributed by atoms with E-state index >= 15 is 0 Å². The molecule has 35 heavy (non-hydrogen) atoms. The molecule has 8 heteroatoms. The number of carbonyl (C=O) groups excluding carboxylic acids is 2. The number of amides is 2. The SMILES string of the molecule is COc1cccc(C(=O)NC2CC3CCC(C2)N3c2ccc(C(=O)NCC3CCCO3)cn2)c1C. The summed E-state index contributed by atoms with van der Waals surface area (Å²) in [5.41, 5.74) is 2.08. The smallest absolute Gasteiger partial charge is 0.252 e. The first-order chi connectivity index (χ1) is 17.0. The van der Waals surface area contributed by atoms with E-state index in [0.717, 1.165) is 62.3 Å². The second-order valence-corrected chi connectivity index (χ2v) is 9.82. The molecule has 186 valence electrons. The monoisotopic (exact) mass is 478 g/mol. The number of aromatic nitrogens is 1. The van der Waals surface area contributed by atoms with Crippen molar-refractivity contribution in [3.05, 3.63) is 53.2 Å². The molecule has 3 aliphatic heterocycles. The zero-order valence-corrected chi connectivity index (χ0v) is 20.5. The Morgan fingerprint density at radius 2 is 1.91 bits per heavy atom. The van der Waals surface area contributed by atoms with Gasteiger partial charge in [0.25, 0.3) is 11.8 Å². The average Bonchev–Trinajstić information content (AvgIpc) is 3.48. The Bertz CT molecular complexity index is 1050. The van der Waals surface area contributed by atoms with Crippen LogP contribution >= 0.6 is 0 Å². The second-order valence-electron chi connectivity index (χ2n) is 9.82. The first-order valence-electron chi connectivity index (χ1n) is 12.6. The van der Waals surface area contributed by atoms with E-state index in [0.29, 0.717) is 29.8 Å². The molecule has 2 aromatic rings. The first-order valence-corrected chi connectivity index (χ1v) is 12.6. The third-order valence-electron chi connectivity index (χ3n) is 7.61. The number of benzene rings is 1. The number of rotatable bonds is 7. The maximum absolute atomic E-state index is 13.0. The predicted molar refractivity (Wildman–Crippen MR) is 133 cm³/mol. The molecular formula is C27H34N4O4. The van der Waals surface area contributed by atoms with E-state index in [1.165, 1.54) is 0 Å². The van der Waals surface area contributed by atoms with Crippen LogP contribution in [0.15, 0.2) is 36.5 Å². The zero-order valence-electron chi connectivity index (χ0n) is 20.5. The fourth-order valence-corrected chi connectivity index (χ4v) is 5.80. The normalized spacial score (nSPS) is 25.4. The molecule has 1 aromatic carbocycles. The number of carbonyl (C=O) groups is 2. The third-order valence-corrected chi connectivity index (χ3v) is 7.61. The minimum Gasteiger partial charge on any atom is -0.496 e. The van der Waals surface area contributed by atoms with Crippen LogP contribution in [0.5, 0.6) is 5.75 Å². The van der Waals surface area contributed by atoms with Crippen molar-refractivity contribution in [1.82, 2.24) is 15.6 Å². The summed E-state index contributed by atoms with van der Waals surface area (Å²) in [4.78, 5) is 32.5. The Balaban J connectivity index is 1.19. The number of pyridine rings is 1. The maximum atomic E-state index is 13.0. The fraction of sp³-hybridized carbons (Fsp3) is 0.519. The van der Waals surface area contributed by atoms with Crippen LogP contribution in [0, 0.1) is 6.92 Å². The Labute approximate surface area is 206 Å². The maximum Gasteiger partial charge on any atom is 0.252 e. The van der Waals surface area contributed by atoms with E-state index in [1.54, 1.807) is 13.3 Å². The summed E-state index contributed by atoms with van der Waals surface area (Å²) in [6, 6.07) is 10.2. The van der Waals surface area contributed by atoms with Gasteiger partial charge in [-0.25, -0.2) is 4.98 Å². The van der Waals surface area contributed by atoms with E-state index in [2.05, 4.69) is 20.5 Å². The first kappa shape index (κ1) is 23.6. The molecule has 8 nitrogen and oxygen atoms in total. The summed E-state index contributed by atoms with van der Waals surface area (Å²) in [6.07, 6.45) is 7.78. The molecule has 3 aliphatic rings. The number of nitrogens with zero attached hydrogens (tertiary/aromatic N) is 2.